The van der Waals surface area contributed by atoms with Gasteiger partial charge in [0.2, 0.25) is 0 Å². The van der Waals surface area contributed by atoms with E-state index in [4.69, 9.17) is 9.47 Å². The van der Waals surface area contributed by atoms with Gasteiger partial charge >= 0.3 is 0 Å². The summed E-state index contributed by atoms with van der Waals surface area (Å²) >= 11 is 0. The summed E-state index contributed by atoms with van der Waals surface area (Å²) in [6.45, 7) is 5.43. The minimum Gasteiger partial charge on any atom is -0.491 e. The van der Waals surface area contributed by atoms with Gasteiger partial charge in [-0.15, -0.1) is 0 Å². The Balaban J connectivity index is 1.73. The molecule has 3 rings (SSSR count). The summed E-state index contributed by atoms with van der Waals surface area (Å²) in [4.78, 5) is 0. The number of allylic oxidation sites excluding steroid dienone is 2. The molecule has 0 radical (unpaired) electrons. The monoisotopic (exact) mass is 308 g/mol. The maximum atomic E-state index is 5.82. The lowest BCUT2D eigenvalue weighted by Crippen LogP contribution is -2.13. The summed E-state index contributed by atoms with van der Waals surface area (Å²) in [7, 11) is 0. The fraction of sp³-hybridized carbons (Fsp3) is 0.333. The van der Waals surface area contributed by atoms with Crippen molar-refractivity contribution in [2.24, 2.45) is 0 Å². The Labute approximate surface area is 138 Å². The van der Waals surface area contributed by atoms with E-state index in [1.165, 1.54) is 21.9 Å². The Morgan fingerprint density at radius 3 is 2.43 bits per heavy atom. The molecular formula is C21H24O2. The first-order chi connectivity index (χ1) is 11.3. The van der Waals surface area contributed by atoms with Crippen molar-refractivity contribution in [3.05, 3.63) is 53.6 Å². The average Bonchev–Trinajstić information content (AvgIpc) is 2.81. The third kappa shape index (κ3) is 4.02. The average molecular weight is 308 g/mol. The second-order valence-corrected chi connectivity index (χ2v) is 5.97. The van der Waals surface area contributed by atoms with Gasteiger partial charge in [0.15, 0.2) is 0 Å². The standard InChI is InChI=1S/C21H24O2/c1-3-16(2)22-11-12-23-21-10-9-19-13-17-7-5-4-6-8-18(17)14-20(19)15-21/h5-10,13-16H,3-4,11-12H2,1-2H3. The molecule has 120 valence electrons. The van der Waals surface area contributed by atoms with Gasteiger partial charge in [-0.25, -0.2) is 0 Å². The molecule has 0 amide bonds. The second-order valence-electron chi connectivity index (χ2n) is 5.97. The van der Waals surface area contributed by atoms with Crippen LogP contribution < -0.4 is 4.74 Å². The zero-order valence-corrected chi connectivity index (χ0v) is 13.9. The van der Waals surface area contributed by atoms with Gasteiger partial charge in [0, 0.05) is 0 Å². The van der Waals surface area contributed by atoms with E-state index in [1.807, 2.05) is 6.07 Å². The minimum absolute atomic E-state index is 0.297. The molecule has 2 aromatic rings. The van der Waals surface area contributed by atoms with Gasteiger partial charge in [-0.05, 0) is 65.9 Å². The molecule has 1 atom stereocenters. The van der Waals surface area contributed by atoms with Gasteiger partial charge in [0.1, 0.15) is 12.4 Å². The van der Waals surface area contributed by atoms with Crippen LogP contribution in [0.3, 0.4) is 0 Å². The van der Waals surface area contributed by atoms with E-state index in [1.54, 1.807) is 0 Å². The van der Waals surface area contributed by atoms with Crippen LogP contribution in [0.5, 0.6) is 5.75 Å². The molecule has 1 aliphatic rings. The highest BCUT2D eigenvalue weighted by Gasteiger charge is 2.04. The molecule has 0 aromatic heterocycles. The Kier molecular flexibility index (Phi) is 5.14. The molecule has 2 heteroatoms. The maximum Gasteiger partial charge on any atom is 0.120 e. The fourth-order valence-corrected chi connectivity index (χ4v) is 2.68. The highest BCUT2D eigenvalue weighted by molar-refractivity contribution is 5.89. The molecule has 0 saturated heterocycles. The van der Waals surface area contributed by atoms with Crippen LogP contribution in [0.2, 0.25) is 0 Å². The predicted molar refractivity (Wildman–Crippen MR) is 97.8 cm³/mol. The van der Waals surface area contributed by atoms with Crippen molar-refractivity contribution in [2.45, 2.75) is 32.8 Å². The van der Waals surface area contributed by atoms with E-state index < -0.39 is 0 Å². The number of ether oxygens (including phenoxy) is 2. The van der Waals surface area contributed by atoms with E-state index in [0.717, 1.165) is 18.6 Å². The Morgan fingerprint density at radius 1 is 0.957 bits per heavy atom. The molecular weight excluding hydrogens is 284 g/mol. The molecule has 0 bridgehead atoms. The highest BCUT2D eigenvalue weighted by Crippen LogP contribution is 2.27. The van der Waals surface area contributed by atoms with Crippen LogP contribution in [0, 0.1) is 0 Å². The van der Waals surface area contributed by atoms with Gasteiger partial charge in [-0.1, -0.05) is 37.3 Å². The lowest BCUT2D eigenvalue weighted by molar-refractivity contribution is 0.0427. The van der Waals surface area contributed by atoms with Crippen molar-refractivity contribution in [2.75, 3.05) is 13.2 Å². The maximum absolute atomic E-state index is 5.82. The number of hydrogen-bond donors (Lipinski definition) is 0. The number of rotatable bonds is 6. The van der Waals surface area contributed by atoms with Gasteiger partial charge in [0.05, 0.1) is 12.7 Å². The molecule has 1 aliphatic carbocycles. The van der Waals surface area contributed by atoms with Crippen LogP contribution >= 0.6 is 0 Å². The summed E-state index contributed by atoms with van der Waals surface area (Å²) in [5.41, 5.74) is 2.55. The Bertz CT molecular complexity index is 728. The van der Waals surface area contributed by atoms with Crippen molar-refractivity contribution in [1.82, 2.24) is 0 Å². The highest BCUT2D eigenvalue weighted by atomic mass is 16.5. The molecule has 2 aromatic carbocycles. The summed E-state index contributed by atoms with van der Waals surface area (Å²) in [6.07, 6.45) is 11.1. The molecule has 0 N–H and O–H groups in total. The van der Waals surface area contributed by atoms with Crippen LogP contribution in [0.4, 0.5) is 0 Å². The van der Waals surface area contributed by atoms with E-state index in [2.05, 4.69) is 62.4 Å². The van der Waals surface area contributed by atoms with Crippen LogP contribution in [-0.2, 0) is 4.74 Å². The van der Waals surface area contributed by atoms with Crippen LogP contribution in [-0.4, -0.2) is 19.3 Å². The second kappa shape index (κ2) is 7.47. The largest absolute Gasteiger partial charge is 0.491 e. The van der Waals surface area contributed by atoms with Crippen molar-refractivity contribution in [1.29, 1.82) is 0 Å². The molecule has 23 heavy (non-hydrogen) atoms. The SMILES string of the molecule is CCC(C)OCCOc1ccc2cc3c(cc2c1)C=CCC=C3. The minimum atomic E-state index is 0.297. The Hall–Kier alpha value is -2.06. The van der Waals surface area contributed by atoms with Crippen molar-refractivity contribution >= 4 is 22.9 Å². The molecule has 0 fully saturated rings. The zero-order chi connectivity index (χ0) is 16.1. The molecule has 0 aliphatic heterocycles. The lowest BCUT2D eigenvalue weighted by atomic mass is 10.0. The van der Waals surface area contributed by atoms with E-state index in [-0.39, 0.29) is 0 Å². The van der Waals surface area contributed by atoms with Crippen LogP contribution in [0.1, 0.15) is 37.8 Å². The third-order valence-corrected chi connectivity index (χ3v) is 4.21. The predicted octanol–water partition coefficient (Wildman–Crippen LogP) is 5.46. The summed E-state index contributed by atoms with van der Waals surface area (Å²) < 4.78 is 11.5. The number of benzene rings is 2. The molecule has 0 spiro atoms. The van der Waals surface area contributed by atoms with Crippen LogP contribution in [0.15, 0.2) is 42.5 Å². The molecule has 0 saturated carbocycles. The summed E-state index contributed by atoms with van der Waals surface area (Å²) in [6, 6.07) is 10.8. The van der Waals surface area contributed by atoms with Gasteiger partial charge < -0.3 is 9.47 Å². The summed E-state index contributed by atoms with van der Waals surface area (Å²) in [5.74, 6) is 0.901. The molecule has 0 heterocycles. The molecule has 1 unspecified atom stereocenters. The first-order valence-electron chi connectivity index (χ1n) is 8.41. The number of hydrogen-bond acceptors (Lipinski definition) is 2. The van der Waals surface area contributed by atoms with Crippen molar-refractivity contribution in [3.8, 4) is 5.75 Å². The molecule has 2 nitrogen and oxygen atoms in total. The van der Waals surface area contributed by atoms with Gasteiger partial charge in [-0.2, -0.15) is 0 Å². The van der Waals surface area contributed by atoms with E-state index >= 15 is 0 Å². The quantitative estimate of drug-likeness (QED) is 0.659. The lowest BCUT2D eigenvalue weighted by Gasteiger charge is -2.12. The number of fused-ring (bicyclic) bond motifs is 2. The van der Waals surface area contributed by atoms with Gasteiger partial charge in [0.25, 0.3) is 0 Å². The first kappa shape index (κ1) is 15.8. The normalized spacial score (nSPS) is 14.5. The van der Waals surface area contributed by atoms with Gasteiger partial charge in [-0.3, -0.25) is 0 Å². The van der Waals surface area contributed by atoms with Crippen molar-refractivity contribution in [3.63, 3.8) is 0 Å². The summed E-state index contributed by atoms with van der Waals surface area (Å²) in [5, 5.41) is 2.45. The fourth-order valence-electron chi connectivity index (χ4n) is 2.68. The van der Waals surface area contributed by atoms with Crippen LogP contribution in [0.25, 0.3) is 22.9 Å². The van der Waals surface area contributed by atoms with Crippen molar-refractivity contribution < 1.29 is 9.47 Å². The van der Waals surface area contributed by atoms with E-state index in [0.29, 0.717) is 19.3 Å². The van der Waals surface area contributed by atoms with E-state index in [9.17, 15) is 0 Å². The Morgan fingerprint density at radius 2 is 1.70 bits per heavy atom. The smallest absolute Gasteiger partial charge is 0.120 e. The third-order valence-electron chi connectivity index (χ3n) is 4.21. The topological polar surface area (TPSA) is 18.5 Å². The first-order valence-corrected chi connectivity index (χ1v) is 8.41. The zero-order valence-electron chi connectivity index (χ0n) is 13.9.